The van der Waals surface area contributed by atoms with E-state index >= 15 is 0 Å². The molecule has 0 bridgehead atoms. The lowest BCUT2D eigenvalue weighted by Crippen LogP contribution is -2.06. The topological polar surface area (TPSA) is 51.6 Å². The van der Waals surface area contributed by atoms with Crippen LogP contribution in [0.1, 0.15) is 29.3 Å². The molecule has 4 nitrogen and oxygen atoms in total. The highest BCUT2D eigenvalue weighted by Gasteiger charge is 2.18. The molecule has 0 radical (unpaired) electrons. The van der Waals surface area contributed by atoms with Crippen LogP contribution in [0.5, 0.6) is 0 Å². The van der Waals surface area contributed by atoms with Gasteiger partial charge in [-0.15, -0.1) is 0 Å². The smallest absolute Gasteiger partial charge is 0.136 e. The summed E-state index contributed by atoms with van der Waals surface area (Å²) in [6, 6.07) is 61.5. The third kappa shape index (κ3) is 6.83. The second kappa shape index (κ2) is 14.7. The fourth-order valence-corrected chi connectivity index (χ4v) is 7.82. The summed E-state index contributed by atoms with van der Waals surface area (Å²) in [5.41, 5.74) is 15.8. The molecule has 9 aromatic rings. The van der Waals surface area contributed by atoms with Gasteiger partial charge in [-0.2, -0.15) is 0 Å². The molecule has 0 aliphatic heterocycles. The van der Waals surface area contributed by atoms with E-state index in [-0.39, 0.29) is 5.92 Å². The molecule has 0 fully saturated rings. The van der Waals surface area contributed by atoms with E-state index in [1.807, 2.05) is 12.1 Å². The molecule has 0 N–H and O–H groups in total. The van der Waals surface area contributed by atoms with E-state index in [1.54, 1.807) is 0 Å². The summed E-state index contributed by atoms with van der Waals surface area (Å²) in [7, 11) is 0. The van der Waals surface area contributed by atoms with Gasteiger partial charge in [-0.25, -0.2) is 19.9 Å². The van der Waals surface area contributed by atoms with Gasteiger partial charge < -0.3 is 0 Å². The van der Waals surface area contributed by atoms with Crippen LogP contribution in [0.15, 0.2) is 194 Å². The number of rotatable bonds is 7. The molecular formula is C53H38N4. The van der Waals surface area contributed by atoms with Crippen molar-refractivity contribution in [1.29, 1.82) is 0 Å². The molecule has 270 valence electrons. The monoisotopic (exact) mass is 730 g/mol. The lowest BCUT2D eigenvalue weighted by Gasteiger charge is -2.17. The first-order chi connectivity index (χ1) is 28.1. The van der Waals surface area contributed by atoms with Gasteiger partial charge in [0.15, 0.2) is 0 Å². The summed E-state index contributed by atoms with van der Waals surface area (Å²) in [5, 5.41) is 2.21. The summed E-state index contributed by atoms with van der Waals surface area (Å²) >= 11 is 0. The predicted molar refractivity (Wildman–Crippen MR) is 235 cm³/mol. The van der Waals surface area contributed by atoms with E-state index in [4.69, 9.17) is 19.9 Å². The lowest BCUT2D eigenvalue weighted by molar-refractivity contribution is 0.777. The van der Waals surface area contributed by atoms with Crippen LogP contribution in [0.3, 0.4) is 0 Å². The molecular weight excluding hydrogens is 693 g/mol. The van der Waals surface area contributed by atoms with E-state index in [0.29, 0.717) is 0 Å². The average Bonchev–Trinajstić information content (AvgIpc) is 3.29. The van der Waals surface area contributed by atoms with Crippen LogP contribution in [0.4, 0.5) is 0 Å². The molecule has 1 unspecified atom stereocenters. The van der Waals surface area contributed by atoms with Gasteiger partial charge in [-0.3, -0.25) is 0 Å². The van der Waals surface area contributed by atoms with Gasteiger partial charge in [0.1, 0.15) is 5.82 Å². The number of allylic oxidation sites excluding steroid dienone is 4. The highest BCUT2D eigenvalue weighted by molar-refractivity contribution is 6.05. The van der Waals surface area contributed by atoms with Crippen molar-refractivity contribution in [2.75, 3.05) is 0 Å². The molecule has 1 atom stereocenters. The Morgan fingerprint density at radius 2 is 0.912 bits per heavy atom. The molecule has 1 aliphatic rings. The van der Waals surface area contributed by atoms with Crippen molar-refractivity contribution in [3.05, 3.63) is 211 Å². The standard InChI is InChI=1S/C53H38N4/c1-35-33-48(40-13-7-3-8-14-40)55-52-46(35)31-29-44-30-32-47(54-51(44)52)42-23-17-38(18-24-42)39-19-25-43(26-20-39)50-34-49(41-15-9-4-10-16-41)56-53(57-50)45-27-21-37(22-28-45)36-11-5-2-6-12-36/h2-27,29-34,45H,28H2,1H3. The van der Waals surface area contributed by atoms with Crippen molar-refractivity contribution in [3.8, 4) is 56.2 Å². The third-order valence-corrected chi connectivity index (χ3v) is 11.0. The SMILES string of the molecule is Cc1cc(-c2ccccc2)nc2c1ccc1ccc(-c3ccc(-c4ccc(-c5cc(-c6ccccc6)nc(C6C=CC(c7ccccc7)=CC6)n5)cc4)cc3)nc12. The van der Waals surface area contributed by atoms with Crippen molar-refractivity contribution < 1.29 is 0 Å². The van der Waals surface area contributed by atoms with E-state index < -0.39 is 0 Å². The molecule has 6 aromatic carbocycles. The van der Waals surface area contributed by atoms with E-state index in [0.717, 1.165) is 90.2 Å². The van der Waals surface area contributed by atoms with Crippen molar-refractivity contribution in [2.24, 2.45) is 0 Å². The molecule has 0 spiro atoms. The number of pyridine rings is 2. The fraction of sp³-hybridized carbons (Fsp3) is 0.0566. The Labute approximate surface area is 332 Å². The van der Waals surface area contributed by atoms with Crippen LogP contribution < -0.4 is 0 Å². The Morgan fingerprint density at radius 3 is 1.49 bits per heavy atom. The molecule has 3 heterocycles. The number of hydrogen-bond acceptors (Lipinski definition) is 4. The first-order valence-corrected chi connectivity index (χ1v) is 19.5. The number of benzene rings is 6. The van der Waals surface area contributed by atoms with Crippen molar-refractivity contribution in [3.63, 3.8) is 0 Å². The summed E-state index contributed by atoms with van der Waals surface area (Å²) < 4.78 is 0. The molecule has 10 rings (SSSR count). The third-order valence-electron chi connectivity index (χ3n) is 11.0. The van der Waals surface area contributed by atoms with Crippen LogP contribution in [0.2, 0.25) is 0 Å². The molecule has 1 aliphatic carbocycles. The van der Waals surface area contributed by atoms with Crippen molar-refractivity contribution in [2.45, 2.75) is 19.3 Å². The fourth-order valence-electron chi connectivity index (χ4n) is 7.82. The Hall–Kier alpha value is -7.30. The number of nitrogens with zero attached hydrogens (tertiary/aromatic N) is 4. The van der Waals surface area contributed by atoms with Gasteiger partial charge in [0.2, 0.25) is 0 Å². The zero-order valence-electron chi connectivity index (χ0n) is 31.5. The molecule has 0 saturated carbocycles. The summed E-state index contributed by atoms with van der Waals surface area (Å²) in [6.45, 7) is 2.15. The van der Waals surface area contributed by atoms with Crippen molar-refractivity contribution >= 4 is 27.4 Å². The first-order valence-electron chi connectivity index (χ1n) is 19.5. The van der Waals surface area contributed by atoms with E-state index in [1.165, 1.54) is 16.7 Å². The molecule has 57 heavy (non-hydrogen) atoms. The zero-order valence-corrected chi connectivity index (χ0v) is 31.5. The predicted octanol–water partition coefficient (Wildman–Crippen LogP) is 13.3. The molecule has 4 heteroatoms. The van der Waals surface area contributed by atoms with Crippen LogP contribution in [-0.4, -0.2) is 19.9 Å². The normalized spacial score (nSPS) is 13.8. The molecule has 0 saturated heterocycles. The minimum Gasteiger partial charge on any atom is -0.245 e. The number of aromatic nitrogens is 4. The highest BCUT2D eigenvalue weighted by Crippen LogP contribution is 2.35. The Bertz CT molecular complexity index is 2950. The van der Waals surface area contributed by atoms with Gasteiger partial charge in [-0.05, 0) is 59.4 Å². The number of aryl methyl sites for hydroxylation is 1. The van der Waals surface area contributed by atoms with E-state index in [2.05, 4.69) is 189 Å². The van der Waals surface area contributed by atoms with Crippen LogP contribution in [-0.2, 0) is 0 Å². The maximum Gasteiger partial charge on any atom is 0.136 e. The number of hydrogen-bond donors (Lipinski definition) is 0. The van der Waals surface area contributed by atoms with Crippen LogP contribution >= 0.6 is 0 Å². The second-order valence-corrected chi connectivity index (χ2v) is 14.7. The number of fused-ring (bicyclic) bond motifs is 3. The lowest BCUT2D eigenvalue weighted by atomic mass is 9.92. The Morgan fingerprint density at radius 1 is 0.421 bits per heavy atom. The highest BCUT2D eigenvalue weighted by atomic mass is 14.9. The Balaban J connectivity index is 0.935. The molecule has 0 amide bonds. The second-order valence-electron chi connectivity index (χ2n) is 14.7. The van der Waals surface area contributed by atoms with Gasteiger partial charge >= 0.3 is 0 Å². The van der Waals surface area contributed by atoms with Gasteiger partial charge in [0.05, 0.1) is 33.8 Å². The first kappa shape index (κ1) is 34.2. The minimum atomic E-state index is 0.0978. The van der Waals surface area contributed by atoms with Gasteiger partial charge in [-0.1, -0.05) is 176 Å². The summed E-state index contributed by atoms with van der Waals surface area (Å²) in [5.74, 6) is 0.934. The van der Waals surface area contributed by atoms with Crippen molar-refractivity contribution in [1.82, 2.24) is 19.9 Å². The summed E-state index contributed by atoms with van der Waals surface area (Å²) in [4.78, 5) is 20.6. The van der Waals surface area contributed by atoms with Gasteiger partial charge in [0, 0.05) is 38.9 Å². The van der Waals surface area contributed by atoms with E-state index in [9.17, 15) is 0 Å². The maximum absolute atomic E-state index is 5.20. The summed E-state index contributed by atoms with van der Waals surface area (Å²) in [6.07, 6.45) is 7.61. The van der Waals surface area contributed by atoms with Crippen LogP contribution in [0, 0.1) is 6.92 Å². The zero-order chi connectivity index (χ0) is 38.1. The largest absolute Gasteiger partial charge is 0.245 e. The van der Waals surface area contributed by atoms with Gasteiger partial charge in [0.25, 0.3) is 0 Å². The average molecular weight is 731 g/mol. The molecule has 3 aromatic heterocycles. The quantitative estimate of drug-likeness (QED) is 0.153. The Kier molecular flexibility index (Phi) is 8.85. The van der Waals surface area contributed by atoms with Crippen LogP contribution in [0.25, 0.3) is 83.5 Å². The minimum absolute atomic E-state index is 0.0978. The maximum atomic E-state index is 5.20.